The van der Waals surface area contributed by atoms with Crippen molar-refractivity contribution in [3.05, 3.63) is 0 Å². The lowest BCUT2D eigenvalue weighted by Gasteiger charge is -2.21. The molecule has 0 fully saturated rings. The number of esters is 4. The SMILES string of the molecule is CCCCCCCCCCCCCCCCCCCCCCCCC(=O)OC[C@H](COP(=O)(O)OC[C@@H](O)COP(=O)(O)OC[C@@H](COC(=O)CCCCCCCCC(C)CC)OC(=O)CCCCCCCCCCC(C)CC)OC(=O)CCCCCCCCCCCCCCCCCCCCC(C)CC. The minimum absolute atomic E-state index is 0.104. The van der Waals surface area contributed by atoms with Gasteiger partial charge in [-0.2, -0.15) is 0 Å². The Bertz CT molecular complexity index is 2050. The Labute approximate surface area is 651 Å². The Morgan fingerprint density at radius 1 is 0.264 bits per heavy atom. The van der Waals surface area contributed by atoms with E-state index in [-0.39, 0.29) is 25.7 Å². The van der Waals surface area contributed by atoms with Crippen LogP contribution in [0.25, 0.3) is 0 Å². The van der Waals surface area contributed by atoms with E-state index in [1.807, 2.05) is 0 Å². The highest BCUT2D eigenvalue weighted by atomic mass is 31.2. The number of unbranched alkanes of at least 4 members (excludes halogenated alkanes) is 50. The highest BCUT2D eigenvalue weighted by Crippen LogP contribution is 2.45. The van der Waals surface area contributed by atoms with Gasteiger partial charge >= 0.3 is 39.5 Å². The second-order valence-electron chi connectivity index (χ2n) is 32.0. The summed E-state index contributed by atoms with van der Waals surface area (Å²) in [6.45, 7) is 12.0. The maximum absolute atomic E-state index is 13.2. The fourth-order valence-corrected chi connectivity index (χ4v) is 15.0. The summed E-state index contributed by atoms with van der Waals surface area (Å²) >= 11 is 0. The molecular weight excluding hydrogens is 1380 g/mol. The summed E-state index contributed by atoms with van der Waals surface area (Å²) in [5.41, 5.74) is 0. The van der Waals surface area contributed by atoms with Gasteiger partial charge in [0.15, 0.2) is 12.2 Å². The van der Waals surface area contributed by atoms with E-state index in [9.17, 15) is 43.2 Å². The number of aliphatic hydroxyl groups excluding tert-OH is 1. The van der Waals surface area contributed by atoms with Gasteiger partial charge in [0.25, 0.3) is 0 Å². The summed E-state index contributed by atoms with van der Waals surface area (Å²) in [4.78, 5) is 73.2. The number of hydrogen-bond acceptors (Lipinski definition) is 15. The fraction of sp³-hybridized carbons (Fsp3) is 0.954. The van der Waals surface area contributed by atoms with E-state index in [4.69, 9.17) is 37.0 Å². The van der Waals surface area contributed by atoms with Crippen LogP contribution in [0.5, 0.6) is 0 Å². The molecule has 0 saturated heterocycles. The first-order chi connectivity index (χ1) is 51.3. The van der Waals surface area contributed by atoms with Crippen LogP contribution >= 0.6 is 15.6 Å². The van der Waals surface area contributed by atoms with Crippen LogP contribution in [0.15, 0.2) is 0 Å². The van der Waals surface area contributed by atoms with Gasteiger partial charge in [-0.1, -0.05) is 408 Å². The Morgan fingerprint density at radius 2 is 0.453 bits per heavy atom. The van der Waals surface area contributed by atoms with Gasteiger partial charge in [-0.3, -0.25) is 37.3 Å². The predicted molar refractivity (Wildman–Crippen MR) is 437 cm³/mol. The van der Waals surface area contributed by atoms with Crippen LogP contribution in [0.1, 0.15) is 459 Å². The average Bonchev–Trinajstić information content (AvgIpc) is 0.900. The van der Waals surface area contributed by atoms with Crippen LogP contribution < -0.4 is 0 Å². The van der Waals surface area contributed by atoms with Crippen molar-refractivity contribution < 1.29 is 80.2 Å². The Balaban J connectivity index is 5.20. The van der Waals surface area contributed by atoms with Gasteiger partial charge in [0.1, 0.15) is 19.3 Å². The topological polar surface area (TPSA) is 237 Å². The van der Waals surface area contributed by atoms with Gasteiger partial charge in [-0.25, -0.2) is 9.13 Å². The molecular formula is C87H170O17P2. The number of phosphoric acid groups is 2. The van der Waals surface area contributed by atoms with Crippen LogP contribution in [0.4, 0.5) is 0 Å². The van der Waals surface area contributed by atoms with Crippen molar-refractivity contribution in [1.29, 1.82) is 0 Å². The lowest BCUT2D eigenvalue weighted by atomic mass is 9.99. The normalized spacial score (nSPS) is 14.6. The van der Waals surface area contributed by atoms with E-state index in [1.54, 1.807) is 0 Å². The van der Waals surface area contributed by atoms with Crippen molar-refractivity contribution in [3.63, 3.8) is 0 Å². The molecule has 0 heterocycles. The first-order valence-electron chi connectivity index (χ1n) is 45.0. The van der Waals surface area contributed by atoms with E-state index in [0.717, 1.165) is 114 Å². The van der Waals surface area contributed by atoms with Gasteiger partial charge in [-0.15, -0.1) is 0 Å². The van der Waals surface area contributed by atoms with Crippen LogP contribution in [0, 0.1) is 17.8 Å². The molecule has 0 radical (unpaired) electrons. The van der Waals surface area contributed by atoms with Crippen LogP contribution in [-0.2, 0) is 65.4 Å². The largest absolute Gasteiger partial charge is 0.472 e. The van der Waals surface area contributed by atoms with Gasteiger partial charge < -0.3 is 33.8 Å². The first-order valence-corrected chi connectivity index (χ1v) is 48.0. The second kappa shape index (κ2) is 77.0. The third-order valence-corrected chi connectivity index (χ3v) is 23.4. The molecule has 5 unspecified atom stereocenters. The molecule has 17 nitrogen and oxygen atoms in total. The molecule has 0 aromatic heterocycles. The molecule has 0 bridgehead atoms. The molecule has 19 heteroatoms. The van der Waals surface area contributed by atoms with Crippen molar-refractivity contribution in [2.45, 2.75) is 478 Å². The number of phosphoric ester groups is 2. The van der Waals surface area contributed by atoms with Crippen molar-refractivity contribution in [3.8, 4) is 0 Å². The molecule has 0 aliphatic rings. The summed E-state index contributed by atoms with van der Waals surface area (Å²) in [7, 11) is -9.93. The zero-order valence-electron chi connectivity index (χ0n) is 69.9. The van der Waals surface area contributed by atoms with Gasteiger partial charge in [-0.05, 0) is 43.4 Å². The van der Waals surface area contributed by atoms with Crippen molar-refractivity contribution in [2.75, 3.05) is 39.6 Å². The third-order valence-electron chi connectivity index (χ3n) is 21.5. The minimum atomic E-state index is -4.97. The molecule has 0 aromatic rings. The Morgan fingerprint density at radius 3 is 0.670 bits per heavy atom. The zero-order chi connectivity index (χ0) is 77.9. The number of carbonyl (C=O) groups excluding carboxylic acids is 4. The molecule has 0 saturated carbocycles. The van der Waals surface area contributed by atoms with Crippen LogP contribution in [0.2, 0.25) is 0 Å². The van der Waals surface area contributed by atoms with Gasteiger partial charge in [0.2, 0.25) is 0 Å². The zero-order valence-corrected chi connectivity index (χ0v) is 71.7. The maximum Gasteiger partial charge on any atom is 0.472 e. The highest BCUT2D eigenvalue weighted by Gasteiger charge is 2.31. The molecule has 0 spiro atoms. The summed E-state index contributed by atoms with van der Waals surface area (Å²) in [6.07, 6.45) is 68.3. The molecule has 0 rings (SSSR count). The molecule has 8 atom stereocenters. The monoisotopic (exact) mass is 1550 g/mol. The summed E-state index contributed by atoms with van der Waals surface area (Å²) in [5, 5.41) is 10.7. The number of rotatable bonds is 85. The highest BCUT2D eigenvalue weighted by molar-refractivity contribution is 7.47. The smallest absolute Gasteiger partial charge is 0.462 e. The maximum atomic E-state index is 13.2. The van der Waals surface area contributed by atoms with Crippen molar-refractivity contribution in [1.82, 2.24) is 0 Å². The predicted octanol–water partition coefficient (Wildman–Crippen LogP) is 26.5. The van der Waals surface area contributed by atoms with Gasteiger partial charge in [0.05, 0.1) is 26.4 Å². The Kier molecular flexibility index (Phi) is 75.6. The second-order valence-corrected chi connectivity index (χ2v) is 34.9. The number of hydrogen-bond donors (Lipinski definition) is 3. The quantitative estimate of drug-likeness (QED) is 0.0222. The van der Waals surface area contributed by atoms with E-state index in [0.29, 0.717) is 25.7 Å². The van der Waals surface area contributed by atoms with E-state index in [2.05, 4.69) is 48.5 Å². The molecule has 0 aromatic carbocycles. The molecule has 0 amide bonds. The van der Waals surface area contributed by atoms with E-state index < -0.39 is 97.5 Å². The number of carbonyl (C=O) groups is 4. The molecule has 0 aliphatic heterocycles. The third kappa shape index (κ3) is 76.1. The molecule has 630 valence electrons. The molecule has 0 aliphatic carbocycles. The van der Waals surface area contributed by atoms with Crippen LogP contribution in [0.3, 0.4) is 0 Å². The minimum Gasteiger partial charge on any atom is -0.462 e. The summed E-state index contributed by atoms with van der Waals surface area (Å²) in [5.74, 6) is 0.262. The van der Waals surface area contributed by atoms with Crippen molar-refractivity contribution >= 4 is 39.5 Å². The average molecular weight is 1550 g/mol. The summed E-state index contributed by atoms with van der Waals surface area (Å²) < 4.78 is 68.8. The lowest BCUT2D eigenvalue weighted by molar-refractivity contribution is -0.161. The first kappa shape index (κ1) is 104. The molecule has 3 N–H and O–H groups in total. The van der Waals surface area contributed by atoms with Gasteiger partial charge in [0, 0.05) is 25.7 Å². The fourth-order valence-electron chi connectivity index (χ4n) is 13.4. The standard InChI is InChI=1S/C87H170O17P2/c1-8-12-13-14-15-16-17-18-19-20-21-22-23-24-28-31-34-37-40-46-54-61-68-84(89)97-74-82(103-86(91)70-63-56-47-41-38-35-32-29-26-25-27-30-33-36-39-44-51-58-65-78(5)9-2)76-101-105(93,94)99-72-81(88)73-100-106(95,96)102-77-83(75-98-85(90)69-62-55-50-49-53-60-67-80(7)11-4)104-87(92)71-64-57-48-43-42-45-52-59-66-79(6)10-3/h78-83,88H,8-77H2,1-7H3,(H,93,94)(H,95,96)/t78?,79?,80?,81-,82-,83-/m1/s1. The molecule has 106 heavy (non-hydrogen) atoms. The summed E-state index contributed by atoms with van der Waals surface area (Å²) in [6, 6.07) is 0. The van der Waals surface area contributed by atoms with E-state index >= 15 is 0 Å². The van der Waals surface area contributed by atoms with Crippen LogP contribution in [-0.4, -0.2) is 96.7 Å². The van der Waals surface area contributed by atoms with E-state index in [1.165, 1.54) is 263 Å². The Hall–Kier alpha value is -1.94. The number of ether oxygens (including phenoxy) is 4. The number of aliphatic hydroxyl groups is 1. The van der Waals surface area contributed by atoms with Crippen molar-refractivity contribution in [2.24, 2.45) is 17.8 Å². The lowest BCUT2D eigenvalue weighted by Crippen LogP contribution is -2.30.